The van der Waals surface area contributed by atoms with E-state index in [1.54, 1.807) is 0 Å². The van der Waals surface area contributed by atoms with Gasteiger partial charge in [-0.15, -0.1) is 0 Å². The molecule has 0 aliphatic carbocycles. The maximum atomic E-state index is 11.5. The van der Waals surface area contributed by atoms with Crippen molar-refractivity contribution in [3.05, 3.63) is 24.3 Å². The molecule has 0 aliphatic heterocycles. The molecule has 7 heteroatoms. The van der Waals surface area contributed by atoms with Gasteiger partial charge in [0.25, 0.3) is 5.91 Å². The van der Waals surface area contributed by atoms with Gasteiger partial charge in [0.05, 0.1) is 19.3 Å². The minimum absolute atomic E-state index is 0.199. The van der Waals surface area contributed by atoms with Crippen LogP contribution in [-0.4, -0.2) is 46.7 Å². The molecule has 16 heavy (non-hydrogen) atoms. The number of ether oxygens (including phenoxy) is 1. The molecule has 86 valence electrons. The summed E-state index contributed by atoms with van der Waals surface area (Å²) in [7, 11) is 1.17. The number of aliphatic hydroxyl groups is 1. The molecule has 0 saturated carbocycles. The van der Waals surface area contributed by atoms with Crippen molar-refractivity contribution in [1.82, 2.24) is 15.3 Å². The Morgan fingerprint density at radius 3 is 2.62 bits per heavy atom. The molecule has 7 nitrogen and oxygen atoms in total. The number of carbonyl (C=O) groups excluding carboxylic acids is 2. The van der Waals surface area contributed by atoms with Gasteiger partial charge in [-0.1, -0.05) is 0 Å². The highest BCUT2D eigenvalue weighted by Crippen LogP contribution is 1.95. The lowest BCUT2D eigenvalue weighted by molar-refractivity contribution is -0.143. The zero-order valence-corrected chi connectivity index (χ0v) is 8.58. The van der Waals surface area contributed by atoms with Crippen molar-refractivity contribution in [2.75, 3.05) is 13.7 Å². The standard InChI is InChI=1S/C9H11N3O4/c1-16-9(15)7(4-13)12-8(14)6-2-10-5-11-3-6/h2-3,5,7,13H,4H2,1H3,(H,12,14). The van der Waals surface area contributed by atoms with Gasteiger partial charge in [0.15, 0.2) is 6.04 Å². The quantitative estimate of drug-likeness (QED) is 0.620. The molecule has 1 unspecified atom stereocenters. The van der Waals surface area contributed by atoms with Crippen LogP contribution in [0.3, 0.4) is 0 Å². The average molecular weight is 225 g/mol. The van der Waals surface area contributed by atoms with E-state index in [1.165, 1.54) is 25.8 Å². The summed E-state index contributed by atoms with van der Waals surface area (Å²) in [5.74, 6) is -1.27. The number of carbonyl (C=O) groups is 2. The summed E-state index contributed by atoms with van der Waals surface area (Å²) in [6.45, 7) is -0.536. The summed E-state index contributed by atoms with van der Waals surface area (Å²) < 4.78 is 4.40. The van der Waals surface area contributed by atoms with Crippen LogP contribution in [-0.2, 0) is 9.53 Å². The fourth-order valence-electron chi connectivity index (χ4n) is 0.979. The van der Waals surface area contributed by atoms with Crippen LogP contribution in [0.5, 0.6) is 0 Å². The number of aliphatic hydroxyl groups excluding tert-OH is 1. The Kier molecular flexibility index (Phi) is 4.34. The molecule has 0 fully saturated rings. The number of amides is 1. The Hall–Kier alpha value is -2.02. The molecule has 0 radical (unpaired) electrons. The maximum absolute atomic E-state index is 11.5. The fraction of sp³-hybridized carbons (Fsp3) is 0.333. The van der Waals surface area contributed by atoms with Gasteiger partial charge in [-0.25, -0.2) is 14.8 Å². The zero-order valence-electron chi connectivity index (χ0n) is 8.58. The molecular weight excluding hydrogens is 214 g/mol. The Morgan fingerprint density at radius 1 is 1.50 bits per heavy atom. The summed E-state index contributed by atoms with van der Waals surface area (Å²) in [4.78, 5) is 29.9. The molecule has 0 bridgehead atoms. The number of nitrogens with zero attached hydrogens (tertiary/aromatic N) is 2. The Balaban J connectivity index is 2.66. The van der Waals surface area contributed by atoms with E-state index in [4.69, 9.17) is 5.11 Å². The number of rotatable bonds is 4. The van der Waals surface area contributed by atoms with Crippen LogP contribution in [0.1, 0.15) is 10.4 Å². The average Bonchev–Trinajstić information content (AvgIpc) is 2.35. The lowest BCUT2D eigenvalue weighted by Crippen LogP contribution is -2.44. The number of esters is 1. The second-order valence-electron chi connectivity index (χ2n) is 2.86. The van der Waals surface area contributed by atoms with Crippen LogP contribution < -0.4 is 5.32 Å². The van der Waals surface area contributed by atoms with E-state index >= 15 is 0 Å². The second kappa shape index (κ2) is 5.76. The summed E-state index contributed by atoms with van der Waals surface area (Å²) in [6, 6.07) is -1.09. The van der Waals surface area contributed by atoms with E-state index in [9.17, 15) is 9.59 Å². The van der Waals surface area contributed by atoms with Crippen LogP contribution in [0.4, 0.5) is 0 Å². The molecule has 2 N–H and O–H groups in total. The SMILES string of the molecule is COC(=O)C(CO)NC(=O)c1cncnc1. The number of nitrogens with one attached hydrogen (secondary N) is 1. The molecule has 1 aromatic heterocycles. The van der Waals surface area contributed by atoms with Crippen LogP contribution in [0.15, 0.2) is 18.7 Å². The van der Waals surface area contributed by atoms with Gasteiger partial charge in [0.2, 0.25) is 0 Å². The molecule has 1 heterocycles. The van der Waals surface area contributed by atoms with Crippen molar-refractivity contribution in [1.29, 1.82) is 0 Å². The molecule has 1 rings (SSSR count). The lowest BCUT2D eigenvalue weighted by Gasteiger charge is -2.13. The first-order chi connectivity index (χ1) is 7.69. The predicted molar refractivity (Wildman–Crippen MR) is 52.4 cm³/mol. The first-order valence-corrected chi connectivity index (χ1v) is 4.43. The predicted octanol–water partition coefficient (Wildman–Crippen LogP) is -1.26. The van der Waals surface area contributed by atoms with Crippen molar-refractivity contribution in [3.8, 4) is 0 Å². The Morgan fingerprint density at radius 2 is 2.12 bits per heavy atom. The van der Waals surface area contributed by atoms with Gasteiger partial charge >= 0.3 is 5.97 Å². The largest absolute Gasteiger partial charge is 0.467 e. The number of methoxy groups -OCH3 is 1. The third-order valence-electron chi connectivity index (χ3n) is 1.80. The molecule has 0 aromatic carbocycles. The lowest BCUT2D eigenvalue weighted by atomic mass is 10.2. The maximum Gasteiger partial charge on any atom is 0.330 e. The summed E-state index contributed by atoms with van der Waals surface area (Å²) in [5.41, 5.74) is 0.199. The zero-order chi connectivity index (χ0) is 12.0. The Bertz CT molecular complexity index is 368. The fourth-order valence-corrected chi connectivity index (χ4v) is 0.979. The van der Waals surface area contributed by atoms with Gasteiger partial charge < -0.3 is 15.2 Å². The molecule has 0 saturated heterocycles. The van der Waals surface area contributed by atoms with Gasteiger partial charge in [0.1, 0.15) is 6.33 Å². The van der Waals surface area contributed by atoms with Gasteiger partial charge in [-0.3, -0.25) is 4.79 Å². The van der Waals surface area contributed by atoms with E-state index in [1.807, 2.05) is 0 Å². The number of aromatic nitrogens is 2. The summed E-state index contributed by atoms with van der Waals surface area (Å²) >= 11 is 0. The van der Waals surface area contributed by atoms with E-state index < -0.39 is 24.5 Å². The van der Waals surface area contributed by atoms with E-state index in [-0.39, 0.29) is 5.56 Å². The van der Waals surface area contributed by atoms with Crippen LogP contribution in [0, 0.1) is 0 Å². The molecule has 1 aromatic rings. The number of hydrogen-bond donors (Lipinski definition) is 2. The van der Waals surface area contributed by atoms with Gasteiger partial charge in [0, 0.05) is 12.4 Å². The highest BCUT2D eigenvalue weighted by Gasteiger charge is 2.21. The van der Waals surface area contributed by atoms with Crippen LogP contribution in [0.2, 0.25) is 0 Å². The normalized spacial score (nSPS) is 11.6. The molecule has 1 amide bonds. The van der Waals surface area contributed by atoms with Crippen molar-refractivity contribution in [2.24, 2.45) is 0 Å². The smallest absolute Gasteiger partial charge is 0.330 e. The minimum atomic E-state index is -1.09. The van der Waals surface area contributed by atoms with Crippen molar-refractivity contribution < 1.29 is 19.4 Å². The topological polar surface area (TPSA) is 101 Å². The van der Waals surface area contributed by atoms with E-state index in [2.05, 4.69) is 20.0 Å². The first-order valence-electron chi connectivity index (χ1n) is 4.43. The second-order valence-corrected chi connectivity index (χ2v) is 2.86. The van der Waals surface area contributed by atoms with Crippen molar-refractivity contribution >= 4 is 11.9 Å². The van der Waals surface area contributed by atoms with Crippen molar-refractivity contribution in [2.45, 2.75) is 6.04 Å². The minimum Gasteiger partial charge on any atom is -0.467 e. The summed E-state index contributed by atoms with van der Waals surface area (Å²) in [5, 5.41) is 11.2. The highest BCUT2D eigenvalue weighted by molar-refractivity contribution is 5.96. The van der Waals surface area contributed by atoms with Gasteiger partial charge in [-0.2, -0.15) is 0 Å². The third kappa shape index (κ3) is 2.99. The van der Waals surface area contributed by atoms with E-state index in [0.717, 1.165) is 0 Å². The molecular formula is C9H11N3O4. The first kappa shape index (κ1) is 12.1. The van der Waals surface area contributed by atoms with Crippen LogP contribution in [0.25, 0.3) is 0 Å². The van der Waals surface area contributed by atoms with E-state index in [0.29, 0.717) is 0 Å². The molecule has 0 aliphatic rings. The van der Waals surface area contributed by atoms with Crippen LogP contribution >= 0.6 is 0 Å². The Labute approximate surface area is 91.5 Å². The monoisotopic (exact) mass is 225 g/mol. The van der Waals surface area contributed by atoms with Gasteiger partial charge in [-0.05, 0) is 0 Å². The third-order valence-corrected chi connectivity index (χ3v) is 1.80. The highest BCUT2D eigenvalue weighted by atomic mass is 16.5. The molecule has 0 spiro atoms. The summed E-state index contributed by atoms with van der Waals surface area (Å²) in [6.07, 6.45) is 3.88. The molecule has 1 atom stereocenters. The van der Waals surface area contributed by atoms with Crippen molar-refractivity contribution in [3.63, 3.8) is 0 Å². The number of hydrogen-bond acceptors (Lipinski definition) is 6.